The van der Waals surface area contributed by atoms with E-state index in [0.717, 1.165) is 39.0 Å². The average molecular weight is 479 g/mol. The minimum atomic E-state index is -4.96. The SMILES string of the molecule is CCCCCCC/C=C/C=C(\Oc1nc(F)c(C(F)(F)F)c(C)c1Cl)C(=O)NCC(C)C. The van der Waals surface area contributed by atoms with Crippen LogP contribution >= 0.6 is 11.6 Å². The highest BCUT2D eigenvalue weighted by molar-refractivity contribution is 6.32. The predicted molar refractivity (Wildman–Crippen MR) is 118 cm³/mol. The van der Waals surface area contributed by atoms with Crippen molar-refractivity contribution < 1.29 is 27.1 Å². The van der Waals surface area contributed by atoms with Crippen LogP contribution < -0.4 is 10.1 Å². The molecule has 0 fully saturated rings. The van der Waals surface area contributed by atoms with Crippen LogP contribution in [-0.2, 0) is 11.0 Å². The van der Waals surface area contributed by atoms with Crippen LogP contribution in [0.2, 0.25) is 5.02 Å². The Morgan fingerprint density at radius 1 is 1.22 bits per heavy atom. The molecular formula is C23H31ClF4N2O2. The highest BCUT2D eigenvalue weighted by atomic mass is 35.5. The quantitative estimate of drug-likeness (QED) is 0.0866. The minimum Gasteiger partial charge on any atom is -0.432 e. The van der Waals surface area contributed by atoms with Crippen LogP contribution in [0.15, 0.2) is 24.0 Å². The van der Waals surface area contributed by atoms with E-state index >= 15 is 0 Å². The molecular weight excluding hydrogens is 448 g/mol. The van der Waals surface area contributed by atoms with Crippen molar-refractivity contribution in [3.63, 3.8) is 0 Å². The molecule has 0 spiro atoms. The molecule has 1 aromatic heterocycles. The number of carbonyl (C=O) groups is 1. The third kappa shape index (κ3) is 9.18. The summed E-state index contributed by atoms with van der Waals surface area (Å²) in [5, 5.41) is 2.14. The van der Waals surface area contributed by atoms with E-state index in [-0.39, 0.29) is 11.7 Å². The van der Waals surface area contributed by atoms with Crippen molar-refractivity contribution in [2.75, 3.05) is 6.54 Å². The van der Waals surface area contributed by atoms with Crippen LogP contribution in [0.4, 0.5) is 17.6 Å². The van der Waals surface area contributed by atoms with Crippen molar-refractivity contribution in [1.82, 2.24) is 10.3 Å². The molecule has 1 amide bonds. The number of alkyl halides is 3. The van der Waals surface area contributed by atoms with Crippen molar-refractivity contribution >= 4 is 17.5 Å². The Bertz CT molecular complexity index is 821. The standard InChI is InChI=1S/C23H31ClF4N2O2/c1-5-6-7-8-9-10-11-12-13-17(21(31)29-14-15(2)3)32-22-19(24)16(4)18(20(25)30-22)23(26,27)28/h11-13,15H,5-10,14H2,1-4H3,(H,29,31)/b12-11+,17-13-. The summed E-state index contributed by atoms with van der Waals surface area (Å²) in [5.41, 5.74) is -2.13. The van der Waals surface area contributed by atoms with Crippen LogP contribution in [0.25, 0.3) is 0 Å². The maximum atomic E-state index is 14.1. The van der Waals surface area contributed by atoms with Gasteiger partial charge >= 0.3 is 6.18 Å². The van der Waals surface area contributed by atoms with Gasteiger partial charge in [0.2, 0.25) is 11.8 Å². The molecule has 0 aliphatic rings. The number of hydrogen-bond donors (Lipinski definition) is 1. The number of rotatable bonds is 12. The van der Waals surface area contributed by atoms with E-state index in [4.69, 9.17) is 16.3 Å². The number of aromatic nitrogens is 1. The second-order valence-electron chi connectivity index (χ2n) is 7.89. The molecule has 0 radical (unpaired) electrons. The highest BCUT2D eigenvalue weighted by Gasteiger charge is 2.39. The number of allylic oxidation sites excluding steroid dienone is 3. The number of amides is 1. The van der Waals surface area contributed by atoms with Crippen molar-refractivity contribution in [2.45, 2.75) is 72.4 Å². The zero-order chi connectivity index (χ0) is 24.3. The molecule has 4 nitrogen and oxygen atoms in total. The zero-order valence-electron chi connectivity index (χ0n) is 18.9. The Kier molecular flexibility index (Phi) is 11.8. The monoisotopic (exact) mass is 478 g/mol. The lowest BCUT2D eigenvalue weighted by Gasteiger charge is -2.16. The van der Waals surface area contributed by atoms with Crippen LogP contribution in [0, 0.1) is 18.8 Å². The molecule has 0 saturated heterocycles. The molecule has 1 aromatic rings. The topological polar surface area (TPSA) is 51.2 Å². The highest BCUT2D eigenvalue weighted by Crippen LogP contribution is 2.39. The van der Waals surface area contributed by atoms with E-state index in [9.17, 15) is 22.4 Å². The number of hydrogen-bond acceptors (Lipinski definition) is 3. The first-order valence-electron chi connectivity index (χ1n) is 10.7. The van der Waals surface area contributed by atoms with E-state index in [1.165, 1.54) is 12.5 Å². The molecule has 180 valence electrons. The van der Waals surface area contributed by atoms with Crippen molar-refractivity contribution in [3.05, 3.63) is 46.1 Å². The summed E-state index contributed by atoms with van der Waals surface area (Å²) in [6.45, 7) is 7.30. The predicted octanol–water partition coefficient (Wildman–Crippen LogP) is 7.15. The van der Waals surface area contributed by atoms with Gasteiger partial charge in [0.15, 0.2) is 5.76 Å². The summed E-state index contributed by atoms with van der Waals surface area (Å²) in [4.78, 5) is 15.7. The number of halogens is 5. The number of carbonyl (C=O) groups excluding carboxylic acids is 1. The zero-order valence-corrected chi connectivity index (χ0v) is 19.7. The molecule has 1 heterocycles. The lowest BCUT2D eigenvalue weighted by Crippen LogP contribution is -2.30. The summed E-state index contributed by atoms with van der Waals surface area (Å²) in [6.07, 6.45) is 6.29. The second-order valence-corrected chi connectivity index (χ2v) is 8.27. The van der Waals surface area contributed by atoms with Gasteiger partial charge in [-0.2, -0.15) is 22.5 Å². The smallest absolute Gasteiger partial charge is 0.421 e. The molecule has 0 aliphatic heterocycles. The molecule has 0 bridgehead atoms. The Balaban J connectivity index is 3.07. The van der Waals surface area contributed by atoms with Crippen molar-refractivity contribution in [1.29, 1.82) is 0 Å². The Morgan fingerprint density at radius 3 is 2.47 bits per heavy atom. The summed E-state index contributed by atoms with van der Waals surface area (Å²) < 4.78 is 58.6. The Hall–Kier alpha value is -2.09. The number of pyridine rings is 1. The molecule has 0 unspecified atom stereocenters. The fraction of sp³-hybridized carbons (Fsp3) is 0.565. The molecule has 1 rings (SSSR count). The van der Waals surface area contributed by atoms with E-state index in [1.807, 2.05) is 19.9 Å². The van der Waals surface area contributed by atoms with E-state index < -0.39 is 40.1 Å². The van der Waals surface area contributed by atoms with Crippen LogP contribution in [0.5, 0.6) is 5.88 Å². The van der Waals surface area contributed by atoms with Crippen LogP contribution in [0.3, 0.4) is 0 Å². The lowest BCUT2D eigenvalue weighted by molar-refractivity contribution is -0.141. The summed E-state index contributed by atoms with van der Waals surface area (Å²) in [5.74, 6) is -3.07. The number of ether oxygens (including phenoxy) is 1. The van der Waals surface area contributed by atoms with E-state index in [0.29, 0.717) is 6.54 Å². The normalized spacial score (nSPS) is 12.6. The number of unbranched alkanes of at least 4 members (excludes halogenated alkanes) is 5. The maximum Gasteiger partial charge on any atom is 0.421 e. The van der Waals surface area contributed by atoms with Gasteiger partial charge in [-0.1, -0.05) is 70.2 Å². The largest absolute Gasteiger partial charge is 0.432 e. The van der Waals surface area contributed by atoms with Gasteiger partial charge in [-0.25, -0.2) is 0 Å². The van der Waals surface area contributed by atoms with Crippen molar-refractivity contribution in [2.24, 2.45) is 5.92 Å². The maximum absolute atomic E-state index is 14.1. The fourth-order valence-electron chi connectivity index (χ4n) is 2.78. The Labute approximate surface area is 192 Å². The minimum absolute atomic E-state index is 0.159. The van der Waals surface area contributed by atoms with Gasteiger partial charge in [-0.15, -0.1) is 0 Å². The summed E-state index contributed by atoms with van der Waals surface area (Å²) in [7, 11) is 0. The van der Waals surface area contributed by atoms with Gasteiger partial charge in [-0.3, -0.25) is 4.79 Å². The molecule has 0 aliphatic carbocycles. The molecule has 9 heteroatoms. The first-order valence-corrected chi connectivity index (χ1v) is 11.1. The van der Waals surface area contributed by atoms with Gasteiger partial charge in [0.25, 0.3) is 5.91 Å². The number of nitrogens with zero attached hydrogens (tertiary/aromatic N) is 1. The van der Waals surface area contributed by atoms with Gasteiger partial charge in [-0.05, 0) is 37.3 Å². The van der Waals surface area contributed by atoms with Gasteiger partial charge in [0, 0.05) is 6.54 Å². The van der Waals surface area contributed by atoms with Crippen LogP contribution in [0.1, 0.15) is 70.4 Å². The number of nitrogens with one attached hydrogen (secondary N) is 1. The summed E-state index contributed by atoms with van der Waals surface area (Å²) in [6, 6.07) is 0. The fourth-order valence-corrected chi connectivity index (χ4v) is 2.95. The molecule has 0 aromatic carbocycles. The van der Waals surface area contributed by atoms with Gasteiger partial charge < -0.3 is 10.1 Å². The van der Waals surface area contributed by atoms with Gasteiger partial charge in [0.05, 0.1) is 0 Å². The van der Waals surface area contributed by atoms with E-state index in [2.05, 4.69) is 17.2 Å². The van der Waals surface area contributed by atoms with Crippen molar-refractivity contribution in [3.8, 4) is 5.88 Å². The molecule has 0 atom stereocenters. The second kappa shape index (κ2) is 13.5. The molecule has 32 heavy (non-hydrogen) atoms. The molecule has 0 saturated carbocycles. The Morgan fingerprint density at radius 2 is 1.88 bits per heavy atom. The first-order chi connectivity index (χ1) is 15.0. The van der Waals surface area contributed by atoms with E-state index in [1.54, 1.807) is 6.08 Å². The first kappa shape index (κ1) is 27.9. The molecule has 1 N–H and O–H groups in total. The third-order valence-electron chi connectivity index (χ3n) is 4.54. The van der Waals surface area contributed by atoms with Gasteiger partial charge in [0.1, 0.15) is 10.6 Å². The van der Waals surface area contributed by atoms with Crippen LogP contribution in [-0.4, -0.2) is 17.4 Å². The summed E-state index contributed by atoms with van der Waals surface area (Å²) >= 11 is 5.97. The average Bonchev–Trinajstić information content (AvgIpc) is 2.69. The third-order valence-corrected chi connectivity index (χ3v) is 4.99. The lowest BCUT2D eigenvalue weighted by atomic mass is 10.1.